The summed E-state index contributed by atoms with van der Waals surface area (Å²) in [6.07, 6.45) is 0. The van der Waals surface area contributed by atoms with Crippen molar-refractivity contribution in [3.05, 3.63) is 64.7 Å². The molecule has 1 N–H and O–H groups in total. The normalized spacial score (nSPS) is 14.8. The molecule has 110 valence electrons. The summed E-state index contributed by atoms with van der Waals surface area (Å²) >= 11 is 6.16. The molecule has 1 fully saturated rings. The zero-order valence-electron chi connectivity index (χ0n) is 12.3. The summed E-state index contributed by atoms with van der Waals surface area (Å²) in [5.74, 6) is 0.730. The lowest BCUT2D eigenvalue weighted by Crippen LogP contribution is -2.48. The number of hydrogen-bond donors (Lipinski definition) is 1. The van der Waals surface area contributed by atoms with Gasteiger partial charge in [-0.2, -0.15) is 0 Å². The van der Waals surface area contributed by atoms with E-state index in [2.05, 4.69) is 53.5 Å². The van der Waals surface area contributed by atoms with E-state index < -0.39 is 0 Å². The molecule has 0 unspecified atom stereocenters. The maximum Gasteiger partial charge on any atom is 0.0429 e. The van der Waals surface area contributed by atoms with E-state index in [0.29, 0.717) is 0 Å². The van der Waals surface area contributed by atoms with Crippen LogP contribution in [0.25, 0.3) is 0 Å². The van der Waals surface area contributed by atoms with Gasteiger partial charge in [0.2, 0.25) is 0 Å². The van der Waals surface area contributed by atoms with Gasteiger partial charge in [0.05, 0.1) is 0 Å². The van der Waals surface area contributed by atoms with Crippen molar-refractivity contribution >= 4 is 17.3 Å². The standard InChI is InChI=1S/C18H21ClN2/c1-14-4-2-5-15(8-14)12-21(13-16-10-20-11-16)18-7-3-6-17(19)9-18/h2-9,16,20H,10-13H2,1H3. The molecule has 2 aromatic carbocycles. The molecule has 0 amide bonds. The highest BCUT2D eigenvalue weighted by molar-refractivity contribution is 6.30. The zero-order valence-corrected chi connectivity index (χ0v) is 13.1. The van der Waals surface area contributed by atoms with Gasteiger partial charge >= 0.3 is 0 Å². The number of benzene rings is 2. The summed E-state index contributed by atoms with van der Waals surface area (Å²) in [4.78, 5) is 2.44. The first-order chi connectivity index (χ1) is 10.2. The largest absolute Gasteiger partial charge is 0.367 e. The van der Waals surface area contributed by atoms with Gasteiger partial charge in [-0.05, 0) is 30.7 Å². The fourth-order valence-corrected chi connectivity index (χ4v) is 2.94. The van der Waals surface area contributed by atoms with E-state index in [4.69, 9.17) is 11.6 Å². The van der Waals surface area contributed by atoms with E-state index in [-0.39, 0.29) is 0 Å². The van der Waals surface area contributed by atoms with E-state index in [9.17, 15) is 0 Å². The topological polar surface area (TPSA) is 15.3 Å². The predicted octanol–water partition coefficient (Wildman–Crippen LogP) is 3.87. The SMILES string of the molecule is Cc1cccc(CN(CC2CNC2)c2cccc(Cl)c2)c1. The average Bonchev–Trinajstić information content (AvgIpc) is 2.41. The molecule has 0 saturated carbocycles. The highest BCUT2D eigenvalue weighted by Gasteiger charge is 2.20. The summed E-state index contributed by atoms with van der Waals surface area (Å²) in [5, 5.41) is 4.15. The van der Waals surface area contributed by atoms with Crippen molar-refractivity contribution < 1.29 is 0 Å². The third-order valence-corrected chi connectivity index (χ3v) is 4.21. The van der Waals surface area contributed by atoms with Crippen LogP contribution in [0.5, 0.6) is 0 Å². The molecule has 21 heavy (non-hydrogen) atoms. The Labute approximate surface area is 131 Å². The van der Waals surface area contributed by atoms with Crippen molar-refractivity contribution in [2.45, 2.75) is 13.5 Å². The molecule has 1 aliphatic heterocycles. The summed E-state index contributed by atoms with van der Waals surface area (Å²) in [7, 11) is 0. The molecule has 0 aromatic heterocycles. The minimum atomic E-state index is 0.730. The first kappa shape index (κ1) is 14.4. The lowest BCUT2D eigenvalue weighted by molar-refractivity contribution is 0.348. The van der Waals surface area contributed by atoms with E-state index in [1.807, 2.05) is 12.1 Å². The van der Waals surface area contributed by atoms with Gasteiger partial charge in [-0.1, -0.05) is 47.5 Å². The average molecular weight is 301 g/mol. The second kappa shape index (κ2) is 6.50. The van der Waals surface area contributed by atoms with E-state index in [1.54, 1.807) is 0 Å². The number of rotatable bonds is 5. The molecule has 3 heteroatoms. The Morgan fingerprint density at radius 2 is 1.95 bits per heavy atom. The van der Waals surface area contributed by atoms with Crippen molar-refractivity contribution in [3.8, 4) is 0 Å². The number of hydrogen-bond acceptors (Lipinski definition) is 2. The third kappa shape index (κ3) is 3.78. The quantitative estimate of drug-likeness (QED) is 0.901. The van der Waals surface area contributed by atoms with Crippen LogP contribution in [-0.2, 0) is 6.54 Å². The van der Waals surface area contributed by atoms with Crippen LogP contribution in [0.15, 0.2) is 48.5 Å². The van der Waals surface area contributed by atoms with Crippen molar-refractivity contribution in [1.82, 2.24) is 5.32 Å². The van der Waals surface area contributed by atoms with Crippen molar-refractivity contribution in [2.75, 3.05) is 24.5 Å². The second-order valence-electron chi connectivity index (χ2n) is 5.87. The number of halogens is 1. The molecule has 0 aliphatic carbocycles. The Kier molecular flexibility index (Phi) is 4.47. The highest BCUT2D eigenvalue weighted by Crippen LogP contribution is 2.23. The lowest BCUT2D eigenvalue weighted by atomic mass is 10.0. The maximum atomic E-state index is 6.16. The molecule has 2 aromatic rings. The van der Waals surface area contributed by atoms with Crippen LogP contribution >= 0.6 is 11.6 Å². The molecule has 1 saturated heterocycles. The lowest BCUT2D eigenvalue weighted by Gasteiger charge is -2.34. The minimum Gasteiger partial charge on any atom is -0.367 e. The molecular formula is C18H21ClN2. The van der Waals surface area contributed by atoms with Crippen LogP contribution in [0, 0.1) is 12.8 Å². The van der Waals surface area contributed by atoms with Gasteiger partial charge in [-0.15, -0.1) is 0 Å². The third-order valence-electron chi connectivity index (χ3n) is 3.97. The monoisotopic (exact) mass is 300 g/mol. The van der Waals surface area contributed by atoms with E-state index in [1.165, 1.54) is 16.8 Å². The Hall–Kier alpha value is -1.51. The zero-order chi connectivity index (χ0) is 14.7. The molecule has 0 spiro atoms. The molecular weight excluding hydrogens is 280 g/mol. The molecule has 3 rings (SSSR count). The van der Waals surface area contributed by atoms with Crippen LogP contribution < -0.4 is 10.2 Å². The van der Waals surface area contributed by atoms with Crippen LogP contribution in [-0.4, -0.2) is 19.6 Å². The number of anilines is 1. The number of nitrogens with zero attached hydrogens (tertiary/aromatic N) is 1. The van der Waals surface area contributed by atoms with E-state index in [0.717, 1.165) is 37.1 Å². The number of nitrogens with one attached hydrogen (secondary N) is 1. The Balaban J connectivity index is 1.81. The molecule has 2 nitrogen and oxygen atoms in total. The summed E-state index contributed by atoms with van der Waals surface area (Å²) < 4.78 is 0. The highest BCUT2D eigenvalue weighted by atomic mass is 35.5. The Morgan fingerprint density at radius 3 is 2.62 bits per heavy atom. The molecule has 1 heterocycles. The van der Waals surface area contributed by atoms with Gasteiger partial charge in [0, 0.05) is 42.8 Å². The van der Waals surface area contributed by atoms with Crippen molar-refractivity contribution in [2.24, 2.45) is 5.92 Å². The molecule has 0 radical (unpaired) electrons. The van der Waals surface area contributed by atoms with Gasteiger partial charge in [0.15, 0.2) is 0 Å². The predicted molar refractivity (Wildman–Crippen MR) is 90.0 cm³/mol. The molecule has 0 bridgehead atoms. The first-order valence-electron chi connectivity index (χ1n) is 7.47. The Bertz CT molecular complexity index is 608. The van der Waals surface area contributed by atoms with Gasteiger partial charge in [0.1, 0.15) is 0 Å². The smallest absolute Gasteiger partial charge is 0.0429 e. The minimum absolute atomic E-state index is 0.730. The van der Waals surface area contributed by atoms with Gasteiger partial charge < -0.3 is 10.2 Å². The van der Waals surface area contributed by atoms with Gasteiger partial charge in [-0.25, -0.2) is 0 Å². The van der Waals surface area contributed by atoms with Crippen LogP contribution in [0.3, 0.4) is 0 Å². The second-order valence-corrected chi connectivity index (χ2v) is 6.31. The molecule has 0 atom stereocenters. The van der Waals surface area contributed by atoms with Crippen LogP contribution in [0.4, 0.5) is 5.69 Å². The van der Waals surface area contributed by atoms with Gasteiger partial charge in [0.25, 0.3) is 0 Å². The summed E-state index contributed by atoms with van der Waals surface area (Å²) in [6, 6.07) is 16.9. The van der Waals surface area contributed by atoms with Crippen molar-refractivity contribution in [3.63, 3.8) is 0 Å². The number of aryl methyl sites for hydroxylation is 1. The van der Waals surface area contributed by atoms with Gasteiger partial charge in [-0.3, -0.25) is 0 Å². The fraction of sp³-hybridized carbons (Fsp3) is 0.333. The van der Waals surface area contributed by atoms with E-state index >= 15 is 0 Å². The fourth-order valence-electron chi connectivity index (χ4n) is 2.75. The van der Waals surface area contributed by atoms with Crippen LogP contribution in [0.1, 0.15) is 11.1 Å². The Morgan fingerprint density at radius 1 is 1.14 bits per heavy atom. The maximum absolute atomic E-state index is 6.16. The first-order valence-corrected chi connectivity index (χ1v) is 7.85. The summed E-state index contributed by atoms with van der Waals surface area (Å²) in [6.45, 7) is 6.37. The van der Waals surface area contributed by atoms with Crippen molar-refractivity contribution in [1.29, 1.82) is 0 Å². The molecule has 1 aliphatic rings. The van der Waals surface area contributed by atoms with Crippen LogP contribution in [0.2, 0.25) is 5.02 Å². The summed E-state index contributed by atoms with van der Waals surface area (Å²) in [5.41, 5.74) is 3.86.